The minimum atomic E-state index is -3.09. The van der Waals surface area contributed by atoms with E-state index in [0.717, 1.165) is 50.0 Å². The third-order valence-electron chi connectivity index (χ3n) is 6.91. The van der Waals surface area contributed by atoms with Crippen LogP contribution >= 0.6 is 11.3 Å². The lowest BCUT2D eigenvalue weighted by molar-refractivity contribution is 0.384. The summed E-state index contributed by atoms with van der Waals surface area (Å²) in [5.74, 6) is 0. The summed E-state index contributed by atoms with van der Waals surface area (Å²) in [6.07, 6.45) is 3.52. The van der Waals surface area contributed by atoms with Crippen LogP contribution in [0.4, 0.5) is 5.69 Å². The molecule has 2 fully saturated rings. The fourth-order valence-electron chi connectivity index (χ4n) is 4.70. The van der Waals surface area contributed by atoms with E-state index in [2.05, 4.69) is 61.7 Å². The number of nitrogens with zero attached hydrogens (tertiary/aromatic N) is 4. The molecule has 0 spiro atoms. The van der Waals surface area contributed by atoms with Gasteiger partial charge >= 0.3 is 0 Å². The van der Waals surface area contributed by atoms with Crippen molar-refractivity contribution in [2.45, 2.75) is 44.8 Å². The average Bonchev–Trinajstić information content (AvgIpc) is 3.67. The zero-order valence-electron chi connectivity index (χ0n) is 20.0. The first kappa shape index (κ1) is 22.7. The van der Waals surface area contributed by atoms with Crippen LogP contribution in [0.3, 0.4) is 0 Å². The lowest BCUT2D eigenvalue weighted by atomic mass is 10.1. The number of sulfonamides is 1. The van der Waals surface area contributed by atoms with E-state index in [4.69, 9.17) is 4.98 Å². The van der Waals surface area contributed by atoms with E-state index in [1.807, 2.05) is 11.3 Å². The second kappa shape index (κ2) is 8.64. The van der Waals surface area contributed by atoms with Crippen LogP contribution in [0.5, 0.6) is 0 Å². The number of hydrogen-bond acceptors (Lipinski definition) is 5. The van der Waals surface area contributed by atoms with Crippen molar-refractivity contribution in [1.29, 1.82) is 0 Å². The summed E-state index contributed by atoms with van der Waals surface area (Å²) in [4.78, 5) is 8.71. The van der Waals surface area contributed by atoms with E-state index >= 15 is 0 Å². The van der Waals surface area contributed by atoms with Gasteiger partial charge in [0.15, 0.2) is 0 Å². The number of aromatic nitrogens is 1. The van der Waals surface area contributed by atoms with Crippen LogP contribution in [0.15, 0.2) is 24.3 Å². The highest BCUT2D eigenvalue weighted by molar-refractivity contribution is 7.90. The molecule has 5 rings (SSSR count). The number of hydrogen-bond donors (Lipinski definition) is 0. The second-order valence-corrected chi connectivity index (χ2v) is 12.6. The molecule has 0 aromatic heterocycles. The molecule has 0 unspecified atom stereocenters. The van der Waals surface area contributed by atoms with Gasteiger partial charge in [0.2, 0.25) is 15.4 Å². The molecule has 0 bridgehead atoms. The first-order valence-electron chi connectivity index (χ1n) is 12.0. The lowest BCUT2D eigenvalue weighted by Gasteiger charge is -2.35. The van der Waals surface area contributed by atoms with E-state index in [-0.39, 0.29) is 5.25 Å². The Morgan fingerprint density at radius 1 is 1.00 bits per heavy atom. The Bertz CT molecular complexity index is 1350. The smallest absolute Gasteiger partial charge is 0.217 e. The number of aryl methyl sites for hydroxylation is 2. The van der Waals surface area contributed by atoms with Gasteiger partial charge in [0, 0.05) is 44.0 Å². The topological polar surface area (TPSA) is 56.5 Å². The normalized spacial score (nSPS) is 17.8. The molecule has 6 nitrogen and oxygen atoms in total. The van der Waals surface area contributed by atoms with Crippen LogP contribution in [-0.2, 0) is 22.9 Å². The summed E-state index contributed by atoms with van der Waals surface area (Å²) in [5, 5.41) is 1.08. The van der Waals surface area contributed by atoms with Gasteiger partial charge in [0.05, 0.1) is 26.0 Å². The molecule has 0 amide bonds. The van der Waals surface area contributed by atoms with Crippen molar-refractivity contribution in [3.8, 4) is 10.6 Å². The Morgan fingerprint density at radius 2 is 1.70 bits per heavy atom. The molecule has 2 aliphatic heterocycles. The fraction of sp³-hybridized carbons (Fsp3) is 0.520. The van der Waals surface area contributed by atoms with E-state index in [1.54, 1.807) is 4.31 Å². The Balaban J connectivity index is 1.54. The van der Waals surface area contributed by atoms with Crippen molar-refractivity contribution in [2.75, 3.05) is 45.2 Å². The first-order chi connectivity index (χ1) is 15.8. The number of fused-ring (bicyclic) bond motifs is 2. The SMILES string of the molecule is CCc1cc(=[N+](C)C)cc2sc3cc(N4CCN(S(=O)(=O)C5CC5)CC4)cc(CC)c3nc1-2. The molecule has 1 aromatic carbocycles. The minimum absolute atomic E-state index is 0.127. The molecule has 4 aliphatic rings. The van der Waals surface area contributed by atoms with Gasteiger partial charge < -0.3 is 4.90 Å². The van der Waals surface area contributed by atoms with E-state index in [9.17, 15) is 8.42 Å². The molecular formula is C25H33N4O2S2+. The maximum atomic E-state index is 12.6. The van der Waals surface area contributed by atoms with E-state index in [1.165, 1.54) is 31.7 Å². The van der Waals surface area contributed by atoms with Gasteiger partial charge in [0.25, 0.3) is 0 Å². The van der Waals surface area contributed by atoms with Crippen LogP contribution in [0, 0.1) is 0 Å². The third kappa shape index (κ3) is 4.17. The van der Waals surface area contributed by atoms with Crippen molar-refractivity contribution >= 4 is 37.3 Å². The van der Waals surface area contributed by atoms with Crippen molar-refractivity contribution < 1.29 is 8.42 Å². The van der Waals surface area contributed by atoms with Crippen molar-refractivity contribution in [3.05, 3.63) is 40.7 Å². The minimum Gasteiger partial charge on any atom is -0.369 e. The highest BCUT2D eigenvalue weighted by atomic mass is 32.2. The van der Waals surface area contributed by atoms with E-state index < -0.39 is 10.0 Å². The number of anilines is 1. The van der Waals surface area contributed by atoms with Crippen LogP contribution in [-0.4, -0.2) is 63.2 Å². The molecule has 176 valence electrons. The quantitative estimate of drug-likeness (QED) is 0.412. The van der Waals surface area contributed by atoms with Gasteiger partial charge in [-0.25, -0.2) is 18.0 Å². The average molecular weight is 486 g/mol. The third-order valence-corrected chi connectivity index (χ3v) is 10.4. The molecule has 2 heterocycles. The van der Waals surface area contributed by atoms with Gasteiger partial charge in [0.1, 0.15) is 14.1 Å². The summed E-state index contributed by atoms with van der Waals surface area (Å²) in [5.41, 5.74) is 5.93. The molecule has 2 aliphatic carbocycles. The summed E-state index contributed by atoms with van der Waals surface area (Å²) < 4.78 is 30.3. The molecule has 8 heteroatoms. The Morgan fingerprint density at radius 3 is 2.30 bits per heavy atom. The second-order valence-electron chi connectivity index (χ2n) is 9.35. The summed E-state index contributed by atoms with van der Waals surface area (Å²) in [7, 11) is 1.07. The van der Waals surface area contributed by atoms with Crippen LogP contribution < -0.4 is 14.8 Å². The van der Waals surface area contributed by atoms with Crippen molar-refractivity contribution in [1.82, 2.24) is 13.9 Å². The largest absolute Gasteiger partial charge is 0.369 e. The van der Waals surface area contributed by atoms with Gasteiger partial charge in [-0.15, -0.1) is 11.3 Å². The van der Waals surface area contributed by atoms with Gasteiger partial charge in [-0.05, 0) is 48.9 Å². The van der Waals surface area contributed by atoms with Crippen LogP contribution in [0.1, 0.15) is 37.8 Å². The van der Waals surface area contributed by atoms with Gasteiger partial charge in [-0.3, -0.25) is 0 Å². The summed E-state index contributed by atoms with van der Waals surface area (Å²) >= 11 is 1.81. The fourth-order valence-corrected chi connectivity index (χ4v) is 7.66. The molecule has 0 radical (unpaired) electrons. The number of rotatable bonds is 5. The monoisotopic (exact) mass is 485 g/mol. The van der Waals surface area contributed by atoms with Crippen molar-refractivity contribution in [2.24, 2.45) is 0 Å². The highest BCUT2D eigenvalue weighted by Crippen LogP contribution is 2.37. The molecule has 1 saturated heterocycles. The summed E-state index contributed by atoms with van der Waals surface area (Å²) in [6, 6.07) is 9.01. The number of piperazine rings is 1. The molecule has 1 aromatic rings. The first-order valence-corrected chi connectivity index (χ1v) is 14.3. The van der Waals surface area contributed by atoms with Gasteiger partial charge in [-0.2, -0.15) is 4.31 Å². The highest BCUT2D eigenvalue weighted by Gasteiger charge is 2.41. The molecule has 0 atom stereocenters. The molecular weight excluding hydrogens is 452 g/mol. The zero-order chi connectivity index (χ0) is 23.3. The molecule has 33 heavy (non-hydrogen) atoms. The predicted octanol–water partition coefficient (Wildman–Crippen LogP) is 3.17. The van der Waals surface area contributed by atoms with Gasteiger partial charge in [-0.1, -0.05) is 13.8 Å². The summed E-state index contributed by atoms with van der Waals surface area (Å²) in [6.45, 7) is 6.99. The Hall–Kier alpha value is -2.03. The zero-order valence-corrected chi connectivity index (χ0v) is 21.6. The molecule has 1 saturated carbocycles. The number of benzene rings is 2. The van der Waals surface area contributed by atoms with Crippen LogP contribution in [0.25, 0.3) is 20.8 Å². The maximum Gasteiger partial charge on any atom is 0.217 e. The predicted molar refractivity (Wildman–Crippen MR) is 138 cm³/mol. The standard InChI is InChI=1S/C25H33N4O2S2/c1-5-17-13-19(27(3)4)15-22-24(17)26-25-18(6-2)14-20(16-23(25)32-22)28-9-11-29(12-10-28)33(30,31)21-7-8-21/h13-16,21H,5-12H2,1-4H3/q+1. The van der Waals surface area contributed by atoms with Crippen molar-refractivity contribution in [3.63, 3.8) is 0 Å². The lowest BCUT2D eigenvalue weighted by Crippen LogP contribution is -2.49. The van der Waals surface area contributed by atoms with Crippen LogP contribution in [0.2, 0.25) is 0 Å². The maximum absolute atomic E-state index is 12.6. The Labute approximate surface area is 200 Å². The van der Waals surface area contributed by atoms with E-state index in [0.29, 0.717) is 13.1 Å². The molecule has 0 N–H and O–H groups in total. The Kier molecular flexibility index (Phi) is 5.95.